The summed E-state index contributed by atoms with van der Waals surface area (Å²) in [4.78, 5) is 0.926. The third-order valence-electron chi connectivity index (χ3n) is 2.35. The quantitative estimate of drug-likeness (QED) is 0.637. The molecule has 94 valence electrons. The van der Waals surface area contributed by atoms with E-state index in [0.29, 0.717) is 16.5 Å². The third-order valence-corrected chi connectivity index (χ3v) is 4.05. The fourth-order valence-corrected chi connectivity index (χ4v) is 2.63. The van der Waals surface area contributed by atoms with E-state index in [4.69, 9.17) is 28.9 Å². The molecule has 0 aromatic heterocycles. The Balaban J connectivity index is 2.09. The monoisotopic (exact) mass is 301 g/mol. The average molecular weight is 302 g/mol. The van der Waals surface area contributed by atoms with Gasteiger partial charge in [-0.1, -0.05) is 29.3 Å². The van der Waals surface area contributed by atoms with Gasteiger partial charge in [-0.2, -0.15) is 0 Å². The van der Waals surface area contributed by atoms with Crippen molar-refractivity contribution in [3.63, 3.8) is 0 Å². The highest BCUT2D eigenvalue weighted by atomic mass is 35.5. The van der Waals surface area contributed by atoms with Crippen molar-refractivity contribution in [2.24, 2.45) is 0 Å². The Morgan fingerprint density at radius 2 is 1.89 bits per heavy atom. The van der Waals surface area contributed by atoms with Gasteiger partial charge >= 0.3 is 0 Å². The lowest BCUT2D eigenvalue weighted by Gasteiger charge is -2.06. The molecule has 0 fully saturated rings. The average Bonchev–Trinajstić information content (AvgIpc) is 2.32. The molecule has 0 spiro atoms. The number of nitrogens with two attached hydrogens (primary N) is 1. The first kappa shape index (κ1) is 13.5. The van der Waals surface area contributed by atoms with Crippen molar-refractivity contribution in [1.82, 2.24) is 0 Å². The Hall–Kier alpha value is -0.900. The van der Waals surface area contributed by atoms with E-state index < -0.39 is 5.82 Å². The first-order valence-corrected chi connectivity index (χ1v) is 6.92. The minimum absolute atomic E-state index is 0.134. The SMILES string of the molecule is Nc1cc(Cl)ccc1SCc1ccc(Cl)c(F)c1. The lowest BCUT2D eigenvalue weighted by Crippen LogP contribution is -1.89. The molecule has 1 nitrogen and oxygen atoms in total. The maximum absolute atomic E-state index is 13.3. The van der Waals surface area contributed by atoms with E-state index in [2.05, 4.69) is 0 Å². The molecule has 0 atom stereocenters. The number of thioether (sulfide) groups is 1. The van der Waals surface area contributed by atoms with E-state index in [9.17, 15) is 4.39 Å². The zero-order valence-electron chi connectivity index (χ0n) is 9.29. The molecule has 2 aromatic carbocycles. The molecule has 0 aliphatic rings. The second-order valence-electron chi connectivity index (χ2n) is 3.72. The predicted molar refractivity (Wildman–Crippen MR) is 76.8 cm³/mol. The summed E-state index contributed by atoms with van der Waals surface area (Å²) in [6, 6.07) is 10.1. The van der Waals surface area contributed by atoms with Crippen LogP contribution in [0.2, 0.25) is 10.0 Å². The summed E-state index contributed by atoms with van der Waals surface area (Å²) in [5.41, 5.74) is 7.32. The smallest absolute Gasteiger partial charge is 0.142 e. The van der Waals surface area contributed by atoms with Crippen LogP contribution in [0.15, 0.2) is 41.3 Å². The summed E-state index contributed by atoms with van der Waals surface area (Å²) >= 11 is 13.0. The maximum Gasteiger partial charge on any atom is 0.142 e. The molecule has 0 amide bonds. The maximum atomic E-state index is 13.3. The topological polar surface area (TPSA) is 26.0 Å². The summed E-state index contributed by atoms with van der Waals surface area (Å²) < 4.78 is 13.3. The summed E-state index contributed by atoms with van der Waals surface area (Å²) in [6.45, 7) is 0. The van der Waals surface area contributed by atoms with Gasteiger partial charge in [-0.05, 0) is 35.9 Å². The number of hydrogen-bond donors (Lipinski definition) is 1. The zero-order valence-corrected chi connectivity index (χ0v) is 11.6. The van der Waals surface area contributed by atoms with Gasteiger partial charge in [0.15, 0.2) is 0 Å². The van der Waals surface area contributed by atoms with Gasteiger partial charge in [0.1, 0.15) is 5.82 Å². The molecule has 0 unspecified atom stereocenters. The van der Waals surface area contributed by atoms with E-state index in [1.54, 1.807) is 24.3 Å². The van der Waals surface area contributed by atoms with Gasteiger partial charge in [-0.3, -0.25) is 0 Å². The number of rotatable bonds is 3. The summed E-state index contributed by atoms with van der Waals surface area (Å²) in [5.74, 6) is 0.221. The number of halogens is 3. The normalized spacial score (nSPS) is 10.6. The highest BCUT2D eigenvalue weighted by molar-refractivity contribution is 7.98. The van der Waals surface area contributed by atoms with Gasteiger partial charge < -0.3 is 5.73 Å². The van der Waals surface area contributed by atoms with Gasteiger partial charge in [0.05, 0.1) is 5.02 Å². The second-order valence-corrected chi connectivity index (χ2v) is 5.58. The van der Waals surface area contributed by atoms with Crippen LogP contribution in [-0.2, 0) is 5.75 Å². The van der Waals surface area contributed by atoms with Crippen LogP contribution in [-0.4, -0.2) is 0 Å². The van der Waals surface area contributed by atoms with Crippen LogP contribution in [0.25, 0.3) is 0 Å². The molecule has 0 heterocycles. The Morgan fingerprint density at radius 1 is 1.11 bits per heavy atom. The van der Waals surface area contributed by atoms with Gasteiger partial charge in [0, 0.05) is 21.4 Å². The van der Waals surface area contributed by atoms with Crippen molar-refractivity contribution in [2.75, 3.05) is 5.73 Å². The molecular formula is C13H10Cl2FNS. The molecular weight excluding hydrogens is 292 g/mol. The lowest BCUT2D eigenvalue weighted by atomic mass is 10.2. The minimum Gasteiger partial charge on any atom is -0.398 e. The molecule has 0 aliphatic heterocycles. The minimum atomic E-state index is -0.404. The first-order valence-electron chi connectivity index (χ1n) is 5.18. The molecule has 0 aliphatic carbocycles. The first-order chi connectivity index (χ1) is 8.56. The van der Waals surface area contributed by atoms with Crippen molar-refractivity contribution in [3.8, 4) is 0 Å². The van der Waals surface area contributed by atoms with Crippen LogP contribution in [0.3, 0.4) is 0 Å². The zero-order chi connectivity index (χ0) is 13.1. The van der Waals surface area contributed by atoms with Crippen LogP contribution in [0.1, 0.15) is 5.56 Å². The fraction of sp³-hybridized carbons (Fsp3) is 0.0769. The Kier molecular flexibility index (Phi) is 4.38. The fourth-order valence-electron chi connectivity index (χ4n) is 1.44. The molecule has 2 aromatic rings. The van der Waals surface area contributed by atoms with Crippen LogP contribution >= 0.6 is 35.0 Å². The molecule has 2 N–H and O–H groups in total. The Labute approximate surface area is 119 Å². The van der Waals surface area contributed by atoms with E-state index in [0.717, 1.165) is 10.5 Å². The van der Waals surface area contributed by atoms with Crippen LogP contribution < -0.4 is 5.73 Å². The molecule has 0 radical (unpaired) electrons. The Morgan fingerprint density at radius 3 is 2.56 bits per heavy atom. The van der Waals surface area contributed by atoms with E-state index in [-0.39, 0.29) is 5.02 Å². The summed E-state index contributed by atoms with van der Waals surface area (Å²) in [5, 5.41) is 0.740. The van der Waals surface area contributed by atoms with Crippen LogP contribution in [0, 0.1) is 5.82 Å². The van der Waals surface area contributed by atoms with Crippen LogP contribution in [0.5, 0.6) is 0 Å². The standard InChI is InChI=1S/C13H10Cl2FNS/c14-9-2-4-13(12(17)6-9)18-7-8-1-3-10(15)11(16)5-8/h1-6H,7,17H2. The van der Waals surface area contributed by atoms with Gasteiger partial charge in [-0.25, -0.2) is 4.39 Å². The molecule has 0 bridgehead atoms. The third kappa shape index (κ3) is 3.31. The van der Waals surface area contributed by atoms with Gasteiger partial charge in [-0.15, -0.1) is 11.8 Å². The highest BCUT2D eigenvalue weighted by Crippen LogP contribution is 2.30. The number of anilines is 1. The van der Waals surface area contributed by atoms with E-state index in [1.165, 1.54) is 17.8 Å². The largest absolute Gasteiger partial charge is 0.398 e. The van der Waals surface area contributed by atoms with Crippen molar-refractivity contribution in [3.05, 3.63) is 57.8 Å². The number of hydrogen-bond acceptors (Lipinski definition) is 2. The van der Waals surface area contributed by atoms with Crippen molar-refractivity contribution >= 4 is 40.7 Å². The van der Waals surface area contributed by atoms with E-state index in [1.807, 2.05) is 6.07 Å². The molecule has 5 heteroatoms. The second kappa shape index (κ2) is 5.83. The molecule has 18 heavy (non-hydrogen) atoms. The highest BCUT2D eigenvalue weighted by Gasteiger charge is 2.04. The van der Waals surface area contributed by atoms with Gasteiger partial charge in [0.2, 0.25) is 0 Å². The van der Waals surface area contributed by atoms with Crippen molar-refractivity contribution < 1.29 is 4.39 Å². The Bertz CT molecular complexity index is 575. The summed E-state index contributed by atoms with van der Waals surface area (Å²) in [7, 11) is 0. The molecule has 2 rings (SSSR count). The predicted octanol–water partition coefficient (Wildman–Crippen LogP) is 5.01. The molecule has 0 saturated carbocycles. The van der Waals surface area contributed by atoms with Crippen LogP contribution in [0.4, 0.5) is 10.1 Å². The summed E-state index contributed by atoms with van der Waals surface area (Å²) in [6.07, 6.45) is 0. The van der Waals surface area contributed by atoms with Crippen molar-refractivity contribution in [2.45, 2.75) is 10.6 Å². The number of nitrogen functional groups attached to an aromatic ring is 1. The van der Waals surface area contributed by atoms with E-state index >= 15 is 0 Å². The van der Waals surface area contributed by atoms with Crippen molar-refractivity contribution in [1.29, 1.82) is 0 Å². The molecule has 0 saturated heterocycles. The number of benzene rings is 2. The van der Waals surface area contributed by atoms with Gasteiger partial charge in [0.25, 0.3) is 0 Å². The lowest BCUT2D eigenvalue weighted by molar-refractivity contribution is 0.627.